The van der Waals surface area contributed by atoms with Gasteiger partial charge in [-0.05, 0) is 25.3 Å². The number of hydroxylamine groups is 2. The molecule has 0 unspecified atom stereocenters. The SMILES string of the molecule is Cc1ccc(-c2nc(C3(C(=O)O)CCN(C(=O)N(C)O)CC3)oc2-c2ccc(CO)cc2)cc1. The quantitative estimate of drug-likeness (QED) is 0.387. The highest BCUT2D eigenvalue weighted by molar-refractivity contribution is 5.83. The first-order valence-electron chi connectivity index (χ1n) is 11.0. The van der Waals surface area contributed by atoms with Crippen molar-refractivity contribution in [2.75, 3.05) is 20.1 Å². The van der Waals surface area contributed by atoms with E-state index in [4.69, 9.17) is 9.40 Å². The molecule has 178 valence electrons. The number of aliphatic carboxylic acids is 1. The van der Waals surface area contributed by atoms with Crippen LogP contribution in [0.2, 0.25) is 0 Å². The maximum absolute atomic E-state index is 12.5. The number of aromatic nitrogens is 1. The highest BCUT2D eigenvalue weighted by Crippen LogP contribution is 2.41. The fourth-order valence-electron chi connectivity index (χ4n) is 4.19. The maximum atomic E-state index is 12.5. The Bertz CT molecular complexity index is 1180. The van der Waals surface area contributed by atoms with E-state index < -0.39 is 17.4 Å². The number of piperidine rings is 1. The fourth-order valence-corrected chi connectivity index (χ4v) is 4.19. The van der Waals surface area contributed by atoms with Gasteiger partial charge in [0.25, 0.3) is 0 Å². The lowest BCUT2D eigenvalue weighted by Crippen LogP contribution is -2.51. The number of rotatable bonds is 5. The van der Waals surface area contributed by atoms with Gasteiger partial charge in [0.05, 0.1) is 6.61 Å². The molecule has 2 heterocycles. The smallest absolute Gasteiger partial charge is 0.343 e. The van der Waals surface area contributed by atoms with Gasteiger partial charge in [0.15, 0.2) is 5.76 Å². The third-order valence-corrected chi connectivity index (χ3v) is 6.33. The van der Waals surface area contributed by atoms with Gasteiger partial charge in [0.2, 0.25) is 5.89 Å². The molecule has 2 aromatic carbocycles. The molecular formula is C25H27N3O6. The summed E-state index contributed by atoms with van der Waals surface area (Å²) in [4.78, 5) is 30.7. The van der Waals surface area contributed by atoms with Crippen molar-refractivity contribution in [1.82, 2.24) is 14.9 Å². The third kappa shape index (κ3) is 4.27. The molecule has 9 nitrogen and oxygen atoms in total. The molecule has 1 aliphatic rings. The summed E-state index contributed by atoms with van der Waals surface area (Å²) in [6, 6.07) is 14.3. The van der Waals surface area contributed by atoms with Crippen LogP contribution in [0.25, 0.3) is 22.6 Å². The minimum absolute atomic E-state index is 0.0845. The van der Waals surface area contributed by atoms with Gasteiger partial charge in [-0.15, -0.1) is 0 Å². The van der Waals surface area contributed by atoms with Gasteiger partial charge >= 0.3 is 12.0 Å². The number of benzene rings is 2. The predicted octanol–water partition coefficient (Wildman–Crippen LogP) is 3.67. The highest BCUT2D eigenvalue weighted by Gasteiger charge is 2.49. The second-order valence-corrected chi connectivity index (χ2v) is 8.60. The van der Waals surface area contributed by atoms with Crippen molar-refractivity contribution in [2.24, 2.45) is 0 Å². The zero-order valence-electron chi connectivity index (χ0n) is 19.1. The van der Waals surface area contributed by atoms with Gasteiger partial charge in [0.1, 0.15) is 11.1 Å². The molecule has 0 radical (unpaired) electrons. The molecule has 0 bridgehead atoms. The molecular weight excluding hydrogens is 438 g/mol. The number of amides is 2. The summed E-state index contributed by atoms with van der Waals surface area (Å²) in [5, 5.41) is 29.6. The number of carboxylic acids is 1. The Balaban J connectivity index is 1.78. The van der Waals surface area contributed by atoms with Crippen LogP contribution in [0.3, 0.4) is 0 Å². The second kappa shape index (κ2) is 9.28. The van der Waals surface area contributed by atoms with E-state index in [1.165, 1.54) is 11.9 Å². The number of aliphatic hydroxyl groups excluding tert-OH is 1. The molecule has 3 N–H and O–H groups in total. The summed E-state index contributed by atoms with van der Waals surface area (Å²) in [7, 11) is 1.23. The van der Waals surface area contributed by atoms with Crippen LogP contribution in [0.5, 0.6) is 0 Å². The van der Waals surface area contributed by atoms with E-state index in [1.807, 2.05) is 31.2 Å². The van der Waals surface area contributed by atoms with Crippen molar-refractivity contribution in [1.29, 1.82) is 0 Å². The predicted molar refractivity (Wildman–Crippen MR) is 123 cm³/mol. The first-order chi connectivity index (χ1) is 16.2. The largest absolute Gasteiger partial charge is 0.480 e. The van der Waals surface area contributed by atoms with Crippen LogP contribution in [-0.4, -0.2) is 62.5 Å². The molecule has 34 heavy (non-hydrogen) atoms. The topological polar surface area (TPSA) is 127 Å². The number of hydrogen-bond donors (Lipinski definition) is 3. The molecule has 0 spiro atoms. The number of likely N-dealkylation sites (tertiary alicyclic amines) is 1. The highest BCUT2D eigenvalue weighted by atomic mass is 16.5. The third-order valence-electron chi connectivity index (χ3n) is 6.33. The molecule has 4 rings (SSSR count). The van der Waals surface area contributed by atoms with Gasteiger partial charge in [-0.25, -0.2) is 14.8 Å². The maximum Gasteiger partial charge on any atom is 0.343 e. The summed E-state index contributed by atoms with van der Waals surface area (Å²) in [6.07, 6.45) is 0.192. The van der Waals surface area contributed by atoms with Crippen LogP contribution in [-0.2, 0) is 16.8 Å². The standard InChI is InChI=1S/C25H27N3O6/c1-16-3-7-18(8-4-16)20-21(19-9-5-17(15-29)6-10-19)34-22(26-20)25(23(30)31)11-13-28(14-12-25)24(32)27(2)33/h3-10,29,33H,11-15H2,1-2H3,(H,30,31). The normalized spacial score (nSPS) is 15.2. The van der Waals surface area contributed by atoms with Crippen LogP contribution in [0.4, 0.5) is 4.79 Å². The molecule has 2 amide bonds. The number of carbonyl (C=O) groups excluding carboxylic acids is 1. The van der Waals surface area contributed by atoms with Gasteiger partial charge in [0, 0.05) is 31.3 Å². The average Bonchev–Trinajstić information content (AvgIpc) is 3.30. The van der Waals surface area contributed by atoms with Crippen molar-refractivity contribution in [2.45, 2.75) is 31.8 Å². The first kappa shape index (κ1) is 23.5. The Labute approximate surface area is 196 Å². The Morgan fingerprint density at radius 2 is 1.65 bits per heavy atom. The molecule has 1 fully saturated rings. The van der Waals surface area contributed by atoms with Crippen LogP contribution in [0.1, 0.15) is 29.9 Å². The summed E-state index contributed by atoms with van der Waals surface area (Å²) in [5.41, 5.74) is 2.44. The van der Waals surface area contributed by atoms with Crippen LogP contribution in [0, 0.1) is 6.92 Å². The Morgan fingerprint density at radius 1 is 1.06 bits per heavy atom. The zero-order chi connectivity index (χ0) is 24.5. The van der Waals surface area contributed by atoms with Crippen LogP contribution < -0.4 is 0 Å². The summed E-state index contributed by atoms with van der Waals surface area (Å²) in [5.74, 6) is -0.547. The van der Waals surface area contributed by atoms with E-state index in [1.54, 1.807) is 24.3 Å². The molecule has 1 saturated heterocycles. The molecule has 1 aliphatic heterocycles. The van der Waals surface area contributed by atoms with Crippen molar-refractivity contribution in [3.8, 4) is 22.6 Å². The van der Waals surface area contributed by atoms with E-state index in [0.717, 1.165) is 16.7 Å². The molecule has 0 aliphatic carbocycles. The minimum atomic E-state index is -1.41. The second-order valence-electron chi connectivity index (χ2n) is 8.60. The van der Waals surface area contributed by atoms with Crippen molar-refractivity contribution < 1.29 is 29.4 Å². The number of aryl methyl sites for hydroxylation is 1. The summed E-state index contributed by atoms with van der Waals surface area (Å²) < 4.78 is 6.19. The number of aliphatic hydroxyl groups is 1. The van der Waals surface area contributed by atoms with Gasteiger partial charge in [-0.1, -0.05) is 54.1 Å². The summed E-state index contributed by atoms with van der Waals surface area (Å²) in [6.45, 7) is 2.16. The van der Waals surface area contributed by atoms with Crippen molar-refractivity contribution in [3.63, 3.8) is 0 Å². The molecule has 0 saturated carbocycles. The average molecular weight is 466 g/mol. The lowest BCUT2D eigenvalue weighted by Gasteiger charge is -2.37. The van der Waals surface area contributed by atoms with E-state index in [2.05, 4.69) is 0 Å². The van der Waals surface area contributed by atoms with Gasteiger partial charge in [-0.3, -0.25) is 10.0 Å². The zero-order valence-corrected chi connectivity index (χ0v) is 19.1. The lowest BCUT2D eigenvalue weighted by molar-refractivity contribution is -0.147. The van der Waals surface area contributed by atoms with E-state index in [9.17, 15) is 25.0 Å². The molecule has 1 aromatic heterocycles. The Kier molecular flexibility index (Phi) is 6.41. The number of nitrogens with zero attached hydrogens (tertiary/aromatic N) is 3. The molecule has 3 aromatic rings. The number of hydrogen-bond acceptors (Lipinski definition) is 6. The lowest BCUT2D eigenvalue weighted by atomic mass is 9.78. The Hall–Kier alpha value is -3.69. The Morgan fingerprint density at radius 3 is 2.18 bits per heavy atom. The number of oxazole rings is 1. The van der Waals surface area contributed by atoms with Crippen LogP contribution in [0.15, 0.2) is 52.9 Å². The number of carbonyl (C=O) groups is 2. The van der Waals surface area contributed by atoms with Crippen molar-refractivity contribution in [3.05, 3.63) is 65.5 Å². The van der Waals surface area contributed by atoms with Gasteiger partial charge < -0.3 is 19.5 Å². The van der Waals surface area contributed by atoms with E-state index in [-0.39, 0.29) is 38.4 Å². The minimum Gasteiger partial charge on any atom is -0.480 e. The summed E-state index contributed by atoms with van der Waals surface area (Å²) >= 11 is 0. The number of urea groups is 1. The van der Waals surface area contributed by atoms with E-state index in [0.29, 0.717) is 22.1 Å². The number of carboxylic acid groups (broad SMARTS) is 1. The fraction of sp³-hybridized carbons (Fsp3) is 0.320. The monoisotopic (exact) mass is 465 g/mol. The molecule has 9 heteroatoms. The van der Waals surface area contributed by atoms with Gasteiger partial charge in [-0.2, -0.15) is 0 Å². The van der Waals surface area contributed by atoms with Crippen molar-refractivity contribution >= 4 is 12.0 Å². The molecule has 0 atom stereocenters. The van der Waals surface area contributed by atoms with E-state index >= 15 is 0 Å². The van der Waals surface area contributed by atoms with Crippen LogP contribution >= 0.6 is 0 Å². The first-order valence-corrected chi connectivity index (χ1v) is 11.0.